The van der Waals surface area contributed by atoms with Crippen molar-refractivity contribution in [3.63, 3.8) is 0 Å². The van der Waals surface area contributed by atoms with Crippen LogP contribution >= 0.6 is 28.3 Å². The van der Waals surface area contributed by atoms with E-state index in [1.807, 2.05) is 36.9 Å². The standard InChI is InChI=1S/C15H21BrN2O2.ClH/c1-11(2)20-14-10-12(16)4-5-13(14)15(19)18-8-3-6-17-7-9-18;/h4-5,10-11,17H,3,6-9H2,1-2H3;1H. The molecule has 6 heteroatoms. The number of hydrogen-bond donors (Lipinski definition) is 1. The molecular weight excluding hydrogens is 356 g/mol. The summed E-state index contributed by atoms with van der Waals surface area (Å²) in [4.78, 5) is 14.6. The summed E-state index contributed by atoms with van der Waals surface area (Å²) in [5.74, 6) is 0.702. The second-order valence-corrected chi connectivity index (χ2v) is 6.12. The number of nitrogens with zero attached hydrogens (tertiary/aromatic N) is 1. The average molecular weight is 378 g/mol. The van der Waals surface area contributed by atoms with Gasteiger partial charge in [0.1, 0.15) is 5.75 Å². The van der Waals surface area contributed by atoms with Crippen LogP contribution in [0.4, 0.5) is 0 Å². The number of carbonyl (C=O) groups excluding carboxylic acids is 1. The van der Waals surface area contributed by atoms with Crippen LogP contribution in [0.25, 0.3) is 0 Å². The van der Waals surface area contributed by atoms with Crippen LogP contribution in [0, 0.1) is 0 Å². The summed E-state index contributed by atoms with van der Waals surface area (Å²) in [5.41, 5.74) is 0.642. The molecule has 1 fully saturated rings. The minimum Gasteiger partial charge on any atom is -0.490 e. The molecule has 1 N–H and O–H groups in total. The molecule has 1 aromatic carbocycles. The Labute approximate surface area is 140 Å². The lowest BCUT2D eigenvalue weighted by atomic mass is 10.1. The second-order valence-electron chi connectivity index (χ2n) is 5.20. The number of nitrogens with one attached hydrogen (secondary N) is 1. The monoisotopic (exact) mass is 376 g/mol. The zero-order valence-corrected chi connectivity index (χ0v) is 14.8. The second kappa shape index (κ2) is 8.61. The summed E-state index contributed by atoms with van der Waals surface area (Å²) in [5, 5.41) is 3.31. The van der Waals surface area contributed by atoms with Gasteiger partial charge in [-0.3, -0.25) is 4.79 Å². The fourth-order valence-electron chi connectivity index (χ4n) is 2.24. The molecule has 1 aliphatic rings. The van der Waals surface area contributed by atoms with Crippen molar-refractivity contribution in [3.8, 4) is 5.75 Å². The van der Waals surface area contributed by atoms with E-state index in [2.05, 4.69) is 21.2 Å². The first-order chi connectivity index (χ1) is 9.58. The van der Waals surface area contributed by atoms with Gasteiger partial charge in [0.05, 0.1) is 11.7 Å². The predicted octanol–water partition coefficient (Wildman–Crippen LogP) is 3.09. The van der Waals surface area contributed by atoms with Gasteiger partial charge in [-0.15, -0.1) is 12.4 Å². The molecule has 1 heterocycles. The maximum atomic E-state index is 12.7. The molecule has 4 nitrogen and oxygen atoms in total. The van der Waals surface area contributed by atoms with Crippen LogP contribution in [0.2, 0.25) is 0 Å². The quantitative estimate of drug-likeness (QED) is 0.880. The first-order valence-electron chi connectivity index (χ1n) is 7.04. The number of ether oxygens (including phenoxy) is 1. The average Bonchev–Trinajstić information content (AvgIpc) is 2.66. The predicted molar refractivity (Wildman–Crippen MR) is 90.5 cm³/mol. The number of benzene rings is 1. The van der Waals surface area contributed by atoms with Crippen molar-refractivity contribution in [1.29, 1.82) is 0 Å². The molecule has 0 aliphatic carbocycles. The maximum absolute atomic E-state index is 12.7. The van der Waals surface area contributed by atoms with Gasteiger partial charge in [0.15, 0.2) is 0 Å². The van der Waals surface area contributed by atoms with Crippen molar-refractivity contribution in [3.05, 3.63) is 28.2 Å². The summed E-state index contributed by atoms with van der Waals surface area (Å²) in [6.07, 6.45) is 1.03. The van der Waals surface area contributed by atoms with Crippen LogP contribution in [0.5, 0.6) is 5.75 Å². The lowest BCUT2D eigenvalue weighted by Crippen LogP contribution is -2.34. The molecule has 1 amide bonds. The smallest absolute Gasteiger partial charge is 0.257 e. The highest BCUT2D eigenvalue weighted by Crippen LogP contribution is 2.26. The molecule has 0 atom stereocenters. The summed E-state index contributed by atoms with van der Waals surface area (Å²) in [6, 6.07) is 5.59. The van der Waals surface area contributed by atoms with E-state index in [1.165, 1.54) is 0 Å². The molecule has 118 valence electrons. The van der Waals surface area contributed by atoms with Gasteiger partial charge in [0.25, 0.3) is 5.91 Å². The van der Waals surface area contributed by atoms with Gasteiger partial charge in [0, 0.05) is 24.1 Å². The third-order valence-electron chi connectivity index (χ3n) is 3.16. The van der Waals surface area contributed by atoms with Gasteiger partial charge in [0.2, 0.25) is 0 Å². The largest absolute Gasteiger partial charge is 0.490 e. The Hall–Kier alpha value is -0.780. The molecule has 0 unspecified atom stereocenters. The fraction of sp³-hybridized carbons (Fsp3) is 0.533. The number of amides is 1. The van der Waals surface area contributed by atoms with Crippen molar-refractivity contribution < 1.29 is 9.53 Å². The molecule has 1 aromatic rings. The van der Waals surface area contributed by atoms with E-state index >= 15 is 0 Å². The minimum absolute atomic E-state index is 0. The minimum atomic E-state index is 0. The molecular formula is C15H22BrClN2O2. The van der Waals surface area contributed by atoms with Crippen molar-refractivity contribution in [1.82, 2.24) is 10.2 Å². The van der Waals surface area contributed by atoms with Gasteiger partial charge >= 0.3 is 0 Å². The Bertz CT molecular complexity index is 475. The summed E-state index contributed by atoms with van der Waals surface area (Å²) >= 11 is 3.43. The molecule has 1 aliphatic heterocycles. The summed E-state index contributed by atoms with van der Waals surface area (Å²) in [7, 11) is 0. The fourth-order valence-corrected chi connectivity index (χ4v) is 2.58. The lowest BCUT2D eigenvalue weighted by molar-refractivity contribution is 0.0760. The van der Waals surface area contributed by atoms with Crippen LogP contribution in [-0.4, -0.2) is 43.1 Å². The Morgan fingerprint density at radius 1 is 1.33 bits per heavy atom. The highest BCUT2D eigenvalue weighted by molar-refractivity contribution is 9.10. The first kappa shape index (κ1) is 18.3. The van der Waals surface area contributed by atoms with E-state index in [0.29, 0.717) is 11.3 Å². The molecule has 0 aromatic heterocycles. The Morgan fingerprint density at radius 2 is 2.10 bits per heavy atom. The van der Waals surface area contributed by atoms with E-state index < -0.39 is 0 Å². The van der Waals surface area contributed by atoms with Crippen molar-refractivity contribution in [2.24, 2.45) is 0 Å². The maximum Gasteiger partial charge on any atom is 0.257 e. The van der Waals surface area contributed by atoms with Crippen molar-refractivity contribution in [2.45, 2.75) is 26.4 Å². The number of carbonyl (C=O) groups is 1. The SMILES string of the molecule is CC(C)Oc1cc(Br)ccc1C(=O)N1CCCNCC1.Cl. The third kappa shape index (κ3) is 5.16. The van der Waals surface area contributed by atoms with Gasteiger partial charge in [-0.05, 0) is 45.0 Å². The van der Waals surface area contributed by atoms with Crippen LogP contribution in [0.15, 0.2) is 22.7 Å². The molecule has 0 spiro atoms. The molecule has 0 saturated carbocycles. The zero-order chi connectivity index (χ0) is 14.5. The van der Waals surface area contributed by atoms with Gasteiger partial charge in [-0.2, -0.15) is 0 Å². The zero-order valence-electron chi connectivity index (χ0n) is 12.4. The van der Waals surface area contributed by atoms with Crippen LogP contribution < -0.4 is 10.1 Å². The normalized spacial score (nSPS) is 15.3. The van der Waals surface area contributed by atoms with E-state index in [9.17, 15) is 4.79 Å². The van der Waals surface area contributed by atoms with E-state index in [1.54, 1.807) is 0 Å². The Kier molecular flexibility index (Phi) is 7.49. The highest BCUT2D eigenvalue weighted by atomic mass is 79.9. The van der Waals surface area contributed by atoms with E-state index in [-0.39, 0.29) is 24.4 Å². The van der Waals surface area contributed by atoms with Crippen LogP contribution in [0.3, 0.4) is 0 Å². The van der Waals surface area contributed by atoms with Gasteiger partial charge in [-0.25, -0.2) is 0 Å². The van der Waals surface area contributed by atoms with Crippen LogP contribution in [-0.2, 0) is 0 Å². The van der Waals surface area contributed by atoms with Gasteiger partial charge < -0.3 is 15.0 Å². The Balaban J connectivity index is 0.00000220. The molecule has 21 heavy (non-hydrogen) atoms. The van der Waals surface area contributed by atoms with Crippen molar-refractivity contribution in [2.75, 3.05) is 26.2 Å². The Morgan fingerprint density at radius 3 is 2.81 bits per heavy atom. The molecule has 2 rings (SSSR count). The van der Waals surface area contributed by atoms with Crippen molar-refractivity contribution >= 4 is 34.2 Å². The highest BCUT2D eigenvalue weighted by Gasteiger charge is 2.21. The number of halogens is 2. The van der Waals surface area contributed by atoms with E-state index in [4.69, 9.17) is 4.74 Å². The van der Waals surface area contributed by atoms with Gasteiger partial charge in [-0.1, -0.05) is 15.9 Å². The third-order valence-corrected chi connectivity index (χ3v) is 3.66. The first-order valence-corrected chi connectivity index (χ1v) is 7.83. The number of hydrogen-bond acceptors (Lipinski definition) is 3. The van der Waals surface area contributed by atoms with Crippen LogP contribution in [0.1, 0.15) is 30.6 Å². The number of rotatable bonds is 3. The lowest BCUT2D eigenvalue weighted by Gasteiger charge is -2.22. The molecule has 0 bridgehead atoms. The molecule has 0 radical (unpaired) electrons. The summed E-state index contributed by atoms with van der Waals surface area (Å²) in [6.45, 7) is 7.29. The summed E-state index contributed by atoms with van der Waals surface area (Å²) < 4.78 is 6.69. The molecule has 1 saturated heterocycles. The topological polar surface area (TPSA) is 41.6 Å². The van der Waals surface area contributed by atoms with E-state index in [0.717, 1.165) is 37.1 Å².